The van der Waals surface area contributed by atoms with Gasteiger partial charge in [-0.05, 0) is 24.3 Å². The van der Waals surface area contributed by atoms with Gasteiger partial charge in [0.05, 0.1) is 21.1 Å². The minimum absolute atomic E-state index is 0.0553. The van der Waals surface area contributed by atoms with Crippen LogP contribution >= 0.6 is 11.8 Å². The Kier molecular flexibility index (Phi) is 4.97. The summed E-state index contributed by atoms with van der Waals surface area (Å²) in [5, 5.41) is 22.7. The molecule has 0 heterocycles. The fourth-order valence-electron chi connectivity index (χ4n) is 1.88. The highest BCUT2D eigenvalue weighted by molar-refractivity contribution is 7.99. The minimum atomic E-state index is -1.20. The molecular formula is C15H12N2O5S. The van der Waals surface area contributed by atoms with Crippen LogP contribution in [0.25, 0.3) is 0 Å². The number of hydrogen-bond acceptors (Lipinski definition) is 5. The van der Waals surface area contributed by atoms with Crippen LogP contribution in [0.2, 0.25) is 0 Å². The number of hydrogen-bond donors (Lipinski definition) is 2. The third-order valence-corrected chi connectivity index (χ3v) is 3.88. The van der Waals surface area contributed by atoms with E-state index in [0.717, 1.165) is 11.8 Å². The lowest BCUT2D eigenvalue weighted by Crippen LogP contribution is -2.10. The summed E-state index contributed by atoms with van der Waals surface area (Å²) in [6, 6.07) is 10.6. The van der Waals surface area contributed by atoms with Crippen LogP contribution in [0.1, 0.15) is 17.3 Å². The van der Waals surface area contributed by atoms with Crippen molar-refractivity contribution < 1.29 is 19.6 Å². The number of rotatable bonds is 5. The molecular weight excluding hydrogens is 320 g/mol. The number of nitro groups is 1. The lowest BCUT2D eigenvalue weighted by Gasteiger charge is -2.09. The number of aromatic carboxylic acids is 1. The molecule has 0 saturated carbocycles. The van der Waals surface area contributed by atoms with Crippen molar-refractivity contribution in [2.24, 2.45) is 0 Å². The predicted octanol–water partition coefficient (Wildman–Crippen LogP) is 3.40. The number of para-hydroxylation sites is 1. The molecule has 0 atom stereocenters. The topological polar surface area (TPSA) is 110 Å². The minimum Gasteiger partial charge on any atom is -0.478 e. The number of nitro benzene ring substituents is 1. The number of carboxylic acid groups (broad SMARTS) is 1. The first-order valence-electron chi connectivity index (χ1n) is 6.44. The molecule has 0 aliphatic rings. The van der Waals surface area contributed by atoms with E-state index in [-0.39, 0.29) is 22.8 Å². The van der Waals surface area contributed by atoms with E-state index in [9.17, 15) is 24.8 Å². The summed E-state index contributed by atoms with van der Waals surface area (Å²) in [5.74, 6) is -1.58. The van der Waals surface area contributed by atoms with Crippen molar-refractivity contribution in [3.8, 4) is 0 Å². The summed E-state index contributed by atoms with van der Waals surface area (Å²) in [5.41, 5.74) is 0.0426. The molecule has 23 heavy (non-hydrogen) atoms. The van der Waals surface area contributed by atoms with Gasteiger partial charge in [0.1, 0.15) is 0 Å². The highest BCUT2D eigenvalue weighted by Crippen LogP contribution is 2.36. The highest BCUT2D eigenvalue weighted by atomic mass is 32.2. The summed E-state index contributed by atoms with van der Waals surface area (Å²) < 4.78 is 0. The number of nitrogens with zero attached hydrogens (tertiary/aromatic N) is 1. The van der Waals surface area contributed by atoms with Crippen molar-refractivity contribution in [3.63, 3.8) is 0 Å². The van der Waals surface area contributed by atoms with Crippen LogP contribution in [0.3, 0.4) is 0 Å². The molecule has 0 unspecified atom stereocenters. The molecule has 0 fully saturated rings. The molecule has 2 aromatic rings. The van der Waals surface area contributed by atoms with Gasteiger partial charge in [-0.15, -0.1) is 0 Å². The Balaban J connectivity index is 2.38. The normalized spacial score (nSPS) is 10.1. The van der Waals surface area contributed by atoms with E-state index in [0.29, 0.717) is 9.79 Å². The summed E-state index contributed by atoms with van der Waals surface area (Å²) >= 11 is 1.08. The van der Waals surface area contributed by atoms with Crippen LogP contribution in [0.4, 0.5) is 11.4 Å². The highest BCUT2D eigenvalue weighted by Gasteiger charge is 2.16. The van der Waals surface area contributed by atoms with Crippen molar-refractivity contribution in [1.29, 1.82) is 0 Å². The van der Waals surface area contributed by atoms with Crippen LogP contribution in [0.5, 0.6) is 0 Å². The molecule has 8 heteroatoms. The molecule has 0 bridgehead atoms. The largest absolute Gasteiger partial charge is 0.478 e. The molecule has 2 rings (SSSR count). The second-order valence-corrected chi connectivity index (χ2v) is 5.64. The Morgan fingerprint density at radius 1 is 1.22 bits per heavy atom. The van der Waals surface area contributed by atoms with E-state index in [1.54, 1.807) is 24.3 Å². The maximum Gasteiger partial charge on any atom is 0.337 e. The van der Waals surface area contributed by atoms with Gasteiger partial charge in [-0.1, -0.05) is 23.9 Å². The number of nitrogens with one attached hydrogen (secondary N) is 1. The second-order valence-electron chi connectivity index (χ2n) is 4.52. The number of benzene rings is 2. The molecule has 2 aromatic carbocycles. The Hall–Kier alpha value is -2.87. The first kappa shape index (κ1) is 16.5. The smallest absolute Gasteiger partial charge is 0.337 e. The van der Waals surface area contributed by atoms with Gasteiger partial charge in [0, 0.05) is 17.9 Å². The molecule has 1 amide bonds. The Labute approximate surface area is 135 Å². The second kappa shape index (κ2) is 6.93. The average Bonchev–Trinajstić information content (AvgIpc) is 2.48. The quantitative estimate of drug-likeness (QED) is 0.641. The van der Waals surface area contributed by atoms with Crippen LogP contribution < -0.4 is 5.32 Å². The van der Waals surface area contributed by atoms with Crippen molar-refractivity contribution in [1.82, 2.24) is 0 Å². The van der Waals surface area contributed by atoms with E-state index in [4.69, 9.17) is 0 Å². The van der Waals surface area contributed by atoms with E-state index in [1.807, 2.05) is 0 Å². The monoisotopic (exact) mass is 332 g/mol. The fourth-order valence-corrected chi connectivity index (χ4v) is 2.84. The summed E-state index contributed by atoms with van der Waals surface area (Å²) in [4.78, 5) is 33.9. The number of carbonyl (C=O) groups excluding carboxylic acids is 1. The van der Waals surface area contributed by atoms with Gasteiger partial charge in [0.25, 0.3) is 5.69 Å². The number of anilines is 1. The maximum atomic E-state index is 11.3. The van der Waals surface area contributed by atoms with Crippen molar-refractivity contribution in [2.45, 2.75) is 16.7 Å². The third-order valence-electron chi connectivity index (χ3n) is 2.82. The zero-order valence-corrected chi connectivity index (χ0v) is 12.8. The van der Waals surface area contributed by atoms with Gasteiger partial charge >= 0.3 is 5.97 Å². The fraction of sp³-hybridized carbons (Fsp3) is 0.0667. The van der Waals surface area contributed by atoms with E-state index < -0.39 is 10.9 Å². The number of carbonyl (C=O) groups is 2. The molecule has 118 valence electrons. The summed E-state index contributed by atoms with van der Waals surface area (Å²) in [7, 11) is 0. The van der Waals surface area contributed by atoms with Crippen molar-refractivity contribution in [3.05, 3.63) is 58.1 Å². The molecule has 0 radical (unpaired) electrons. The molecule has 0 aliphatic carbocycles. The van der Waals surface area contributed by atoms with E-state index in [2.05, 4.69) is 5.32 Å². The average molecular weight is 332 g/mol. The molecule has 0 aliphatic heterocycles. The van der Waals surface area contributed by atoms with Gasteiger partial charge in [-0.25, -0.2) is 4.79 Å². The van der Waals surface area contributed by atoms with Gasteiger partial charge in [-0.3, -0.25) is 14.9 Å². The first-order chi connectivity index (χ1) is 10.9. The molecule has 0 saturated heterocycles. The van der Waals surface area contributed by atoms with Gasteiger partial charge in [0.2, 0.25) is 5.91 Å². The van der Waals surface area contributed by atoms with E-state index in [1.165, 1.54) is 25.1 Å². The molecule has 0 aromatic heterocycles. The molecule has 2 N–H and O–H groups in total. The maximum absolute atomic E-state index is 11.3. The Morgan fingerprint density at radius 2 is 1.91 bits per heavy atom. The van der Waals surface area contributed by atoms with Gasteiger partial charge in [0.15, 0.2) is 0 Å². The van der Waals surface area contributed by atoms with Crippen LogP contribution in [-0.4, -0.2) is 21.9 Å². The standard InChI is InChI=1S/C15H12N2O5S/c1-9(18)16-12-7-6-10(8-11(12)15(19)20)23-14-5-3-2-4-13(14)17(21)22/h2-8H,1H3,(H,16,18)(H,19,20). The lowest BCUT2D eigenvalue weighted by atomic mass is 10.2. The summed E-state index contributed by atoms with van der Waals surface area (Å²) in [6.45, 7) is 1.28. The SMILES string of the molecule is CC(=O)Nc1ccc(Sc2ccccc2[N+](=O)[O-])cc1C(=O)O. The van der Waals surface area contributed by atoms with Crippen LogP contribution in [0, 0.1) is 10.1 Å². The number of carboxylic acids is 1. The summed E-state index contributed by atoms with van der Waals surface area (Å²) in [6.07, 6.45) is 0. The van der Waals surface area contributed by atoms with Gasteiger partial charge in [-0.2, -0.15) is 0 Å². The number of amides is 1. The van der Waals surface area contributed by atoms with Crippen LogP contribution in [0.15, 0.2) is 52.3 Å². The van der Waals surface area contributed by atoms with Gasteiger partial charge < -0.3 is 10.4 Å². The van der Waals surface area contributed by atoms with E-state index >= 15 is 0 Å². The zero-order chi connectivity index (χ0) is 17.0. The third kappa shape index (κ3) is 4.07. The van der Waals surface area contributed by atoms with Crippen molar-refractivity contribution in [2.75, 3.05) is 5.32 Å². The van der Waals surface area contributed by atoms with Crippen molar-refractivity contribution >= 4 is 35.0 Å². The first-order valence-corrected chi connectivity index (χ1v) is 7.26. The molecule has 0 spiro atoms. The zero-order valence-electron chi connectivity index (χ0n) is 12.0. The Bertz CT molecular complexity index is 791. The molecule has 7 nitrogen and oxygen atoms in total. The lowest BCUT2D eigenvalue weighted by molar-refractivity contribution is -0.387. The Morgan fingerprint density at radius 3 is 2.52 bits per heavy atom. The van der Waals surface area contributed by atoms with Crippen LogP contribution in [-0.2, 0) is 4.79 Å². The predicted molar refractivity (Wildman–Crippen MR) is 84.9 cm³/mol.